The molecule has 0 spiro atoms. The topological polar surface area (TPSA) is 62.6 Å². The van der Waals surface area contributed by atoms with Crippen molar-refractivity contribution in [3.8, 4) is 0 Å². The fourth-order valence-electron chi connectivity index (χ4n) is 4.17. The van der Waals surface area contributed by atoms with E-state index < -0.39 is 5.41 Å². The van der Waals surface area contributed by atoms with Crippen LogP contribution in [0.1, 0.15) is 29.1 Å². The van der Waals surface area contributed by atoms with E-state index in [1.165, 1.54) is 0 Å². The van der Waals surface area contributed by atoms with Gasteiger partial charge in [0, 0.05) is 19.2 Å². The van der Waals surface area contributed by atoms with Gasteiger partial charge < -0.3 is 14.6 Å². The van der Waals surface area contributed by atoms with Crippen LogP contribution in [0, 0.1) is 6.92 Å². The van der Waals surface area contributed by atoms with Crippen LogP contribution >= 0.6 is 0 Å². The predicted octanol–water partition coefficient (Wildman–Crippen LogP) is 3.75. The molecular weight excluding hydrogens is 364 g/mol. The molecule has 1 N–H and O–H groups in total. The number of nitrogens with zero attached hydrogens (tertiary/aromatic N) is 1. The summed E-state index contributed by atoms with van der Waals surface area (Å²) in [6.07, 6.45) is 0.559. The van der Waals surface area contributed by atoms with E-state index in [2.05, 4.69) is 5.32 Å². The summed E-state index contributed by atoms with van der Waals surface area (Å²) in [7, 11) is 1.78. The second kappa shape index (κ2) is 7.59. The second-order valence-electron chi connectivity index (χ2n) is 7.59. The van der Waals surface area contributed by atoms with Crippen molar-refractivity contribution < 1.29 is 14.0 Å². The summed E-state index contributed by atoms with van der Waals surface area (Å²) in [5, 5.41) is 2.91. The van der Waals surface area contributed by atoms with Crippen molar-refractivity contribution in [1.29, 1.82) is 0 Å². The monoisotopic (exact) mass is 388 g/mol. The zero-order valence-electron chi connectivity index (χ0n) is 16.6. The zero-order valence-corrected chi connectivity index (χ0v) is 16.6. The highest BCUT2D eigenvalue weighted by molar-refractivity contribution is 6.09. The summed E-state index contributed by atoms with van der Waals surface area (Å²) in [6.45, 7) is 2.17. The Bertz CT molecular complexity index is 1040. The third kappa shape index (κ3) is 3.56. The van der Waals surface area contributed by atoms with Crippen LogP contribution in [0.5, 0.6) is 0 Å². The number of aryl methyl sites for hydroxylation is 1. The van der Waals surface area contributed by atoms with Gasteiger partial charge in [0.15, 0.2) is 0 Å². The molecule has 1 atom stereocenters. The van der Waals surface area contributed by atoms with Crippen molar-refractivity contribution in [2.45, 2.75) is 31.7 Å². The second-order valence-corrected chi connectivity index (χ2v) is 7.59. The number of carbonyl (C=O) groups is 2. The summed E-state index contributed by atoms with van der Waals surface area (Å²) < 4.78 is 5.53. The van der Waals surface area contributed by atoms with E-state index in [9.17, 15) is 9.59 Å². The average Bonchev–Trinajstić information content (AvgIpc) is 3.23. The van der Waals surface area contributed by atoms with Gasteiger partial charge in [-0.15, -0.1) is 0 Å². The number of carbonyl (C=O) groups excluding carboxylic acids is 2. The smallest absolute Gasteiger partial charge is 0.238 e. The van der Waals surface area contributed by atoms with E-state index >= 15 is 0 Å². The van der Waals surface area contributed by atoms with Gasteiger partial charge in [0.25, 0.3) is 0 Å². The quantitative estimate of drug-likeness (QED) is 0.700. The lowest BCUT2D eigenvalue weighted by molar-refractivity contribution is -0.129. The molecule has 0 unspecified atom stereocenters. The van der Waals surface area contributed by atoms with Gasteiger partial charge in [-0.25, -0.2) is 0 Å². The molecule has 1 aromatic heterocycles. The minimum absolute atomic E-state index is 0.0495. The first-order chi connectivity index (χ1) is 14.0. The molecule has 0 radical (unpaired) electrons. The SMILES string of the molecule is Cc1ccc(CNC(=O)C[C@@]2(Cc3ccccc3)C(=O)N(C)c3ccccc32)o1. The van der Waals surface area contributed by atoms with E-state index in [0.717, 1.165) is 22.6 Å². The van der Waals surface area contributed by atoms with Gasteiger partial charge in [0.1, 0.15) is 11.5 Å². The molecule has 1 aliphatic rings. The molecule has 1 aliphatic heterocycles. The van der Waals surface area contributed by atoms with E-state index in [1.54, 1.807) is 11.9 Å². The van der Waals surface area contributed by atoms with Crippen LogP contribution in [-0.4, -0.2) is 18.9 Å². The number of amides is 2. The number of hydrogen-bond donors (Lipinski definition) is 1. The van der Waals surface area contributed by atoms with Crippen LogP contribution < -0.4 is 10.2 Å². The Kier molecular flexibility index (Phi) is 4.97. The van der Waals surface area contributed by atoms with Gasteiger partial charge in [-0.05, 0) is 42.7 Å². The molecule has 0 saturated carbocycles. The number of para-hydroxylation sites is 1. The third-order valence-corrected chi connectivity index (χ3v) is 5.56. The summed E-state index contributed by atoms with van der Waals surface area (Å²) in [5.41, 5.74) is 1.87. The van der Waals surface area contributed by atoms with Crippen molar-refractivity contribution in [1.82, 2.24) is 5.32 Å². The minimum atomic E-state index is -0.921. The Labute approximate surface area is 170 Å². The lowest BCUT2D eigenvalue weighted by atomic mass is 9.73. The summed E-state index contributed by atoms with van der Waals surface area (Å²) in [5.74, 6) is 1.28. The van der Waals surface area contributed by atoms with Gasteiger partial charge in [-0.2, -0.15) is 0 Å². The van der Waals surface area contributed by atoms with Crippen LogP contribution in [0.4, 0.5) is 5.69 Å². The Hall–Kier alpha value is -3.34. The Morgan fingerprint density at radius 3 is 2.48 bits per heavy atom. The molecule has 0 saturated heterocycles. The maximum Gasteiger partial charge on any atom is 0.238 e. The molecule has 0 bridgehead atoms. The van der Waals surface area contributed by atoms with Gasteiger partial charge in [0.2, 0.25) is 11.8 Å². The number of benzene rings is 2. The van der Waals surface area contributed by atoms with E-state index in [4.69, 9.17) is 4.42 Å². The Morgan fingerprint density at radius 2 is 1.76 bits per heavy atom. The van der Waals surface area contributed by atoms with Crippen LogP contribution in [0.25, 0.3) is 0 Å². The lowest BCUT2D eigenvalue weighted by Crippen LogP contribution is -2.44. The maximum absolute atomic E-state index is 13.4. The summed E-state index contributed by atoms with van der Waals surface area (Å²) in [6, 6.07) is 21.3. The molecule has 29 heavy (non-hydrogen) atoms. The Morgan fingerprint density at radius 1 is 1.03 bits per heavy atom. The number of rotatable bonds is 6. The number of hydrogen-bond acceptors (Lipinski definition) is 3. The molecular formula is C24H24N2O3. The highest BCUT2D eigenvalue weighted by Gasteiger charge is 2.50. The van der Waals surface area contributed by atoms with E-state index in [-0.39, 0.29) is 18.2 Å². The highest BCUT2D eigenvalue weighted by atomic mass is 16.3. The zero-order chi connectivity index (χ0) is 20.4. The number of fused-ring (bicyclic) bond motifs is 1. The third-order valence-electron chi connectivity index (χ3n) is 5.56. The molecule has 5 nitrogen and oxygen atoms in total. The molecule has 2 heterocycles. The van der Waals surface area contributed by atoms with Crippen LogP contribution in [0.15, 0.2) is 71.1 Å². The molecule has 4 rings (SSSR count). The number of anilines is 1. The van der Waals surface area contributed by atoms with Gasteiger partial charge in [-0.1, -0.05) is 48.5 Å². The largest absolute Gasteiger partial charge is 0.465 e. The molecule has 0 fully saturated rings. The normalized spacial score (nSPS) is 18.0. The first-order valence-corrected chi connectivity index (χ1v) is 9.73. The molecule has 5 heteroatoms. The fourth-order valence-corrected chi connectivity index (χ4v) is 4.17. The molecule has 0 aliphatic carbocycles. The minimum Gasteiger partial charge on any atom is -0.465 e. The van der Waals surface area contributed by atoms with Crippen molar-refractivity contribution in [2.24, 2.45) is 0 Å². The van der Waals surface area contributed by atoms with Gasteiger partial charge in [-0.3, -0.25) is 9.59 Å². The first kappa shape index (κ1) is 19.0. The number of nitrogens with one attached hydrogen (secondary N) is 1. The standard InChI is InChI=1S/C24H24N2O3/c1-17-12-13-19(29-17)16-25-22(27)15-24(14-18-8-4-3-5-9-18)20-10-6-7-11-21(20)26(2)23(24)28/h3-13H,14-16H2,1-2H3,(H,25,27)/t24-/m1/s1. The highest BCUT2D eigenvalue weighted by Crippen LogP contribution is 2.45. The molecule has 2 aromatic carbocycles. The van der Waals surface area contributed by atoms with Crippen molar-refractivity contribution in [2.75, 3.05) is 11.9 Å². The first-order valence-electron chi connectivity index (χ1n) is 9.73. The number of furan rings is 1. The summed E-state index contributed by atoms with van der Waals surface area (Å²) in [4.78, 5) is 28.0. The molecule has 148 valence electrons. The predicted molar refractivity (Wildman–Crippen MR) is 112 cm³/mol. The fraction of sp³-hybridized carbons (Fsp3) is 0.250. The van der Waals surface area contributed by atoms with Crippen LogP contribution in [0.3, 0.4) is 0 Å². The average molecular weight is 388 g/mol. The van der Waals surface area contributed by atoms with E-state index in [1.807, 2.05) is 73.7 Å². The van der Waals surface area contributed by atoms with Crippen LogP contribution in [0.2, 0.25) is 0 Å². The molecule has 3 aromatic rings. The van der Waals surface area contributed by atoms with Crippen molar-refractivity contribution in [3.63, 3.8) is 0 Å². The van der Waals surface area contributed by atoms with Crippen LogP contribution in [-0.2, 0) is 28.0 Å². The van der Waals surface area contributed by atoms with E-state index in [0.29, 0.717) is 18.7 Å². The van der Waals surface area contributed by atoms with Gasteiger partial charge in [0.05, 0.1) is 12.0 Å². The Balaban J connectivity index is 1.64. The van der Waals surface area contributed by atoms with Crippen molar-refractivity contribution in [3.05, 3.63) is 89.4 Å². The lowest BCUT2D eigenvalue weighted by Gasteiger charge is -2.28. The van der Waals surface area contributed by atoms with Gasteiger partial charge >= 0.3 is 0 Å². The van der Waals surface area contributed by atoms with Crippen molar-refractivity contribution >= 4 is 17.5 Å². The summed E-state index contributed by atoms with van der Waals surface area (Å²) >= 11 is 0. The maximum atomic E-state index is 13.4. The number of likely N-dealkylation sites (N-methyl/N-ethyl adjacent to an activating group) is 1. The molecule has 2 amide bonds.